The van der Waals surface area contributed by atoms with E-state index in [1.807, 2.05) is 11.0 Å². The van der Waals surface area contributed by atoms with Gasteiger partial charge in [0, 0.05) is 62.8 Å². The van der Waals surface area contributed by atoms with Crippen molar-refractivity contribution in [1.29, 1.82) is 0 Å². The first kappa shape index (κ1) is 27.6. The lowest BCUT2D eigenvalue weighted by molar-refractivity contribution is -0.139. The number of carbonyl (C=O) groups excluding carboxylic acids is 1. The molecule has 0 bridgehead atoms. The van der Waals surface area contributed by atoms with E-state index in [0.29, 0.717) is 61.2 Å². The number of nitrogens with two attached hydrogens (primary N) is 2. The lowest BCUT2D eigenvalue weighted by Gasteiger charge is -2.38. The predicted octanol–water partition coefficient (Wildman–Crippen LogP) is 1.39. The molecule has 1 aromatic heterocycles. The minimum atomic E-state index is -4.42. The number of ether oxygens (including phenoxy) is 1. The minimum Gasteiger partial charge on any atom is -0.401 e. The normalized spacial score (nSPS) is 18.8. The van der Waals surface area contributed by atoms with Gasteiger partial charge in [-0.2, -0.15) is 13.2 Å². The van der Waals surface area contributed by atoms with Crippen LogP contribution in [0.2, 0.25) is 0 Å². The molecule has 0 spiro atoms. The first-order chi connectivity index (χ1) is 18.1. The Morgan fingerprint density at radius 2 is 1.84 bits per heavy atom. The molecule has 0 aliphatic carbocycles. The summed E-state index contributed by atoms with van der Waals surface area (Å²) in [5.74, 6) is 0.498. The van der Waals surface area contributed by atoms with Crippen molar-refractivity contribution in [3.05, 3.63) is 57.7 Å². The van der Waals surface area contributed by atoms with Crippen LogP contribution in [-0.2, 0) is 22.3 Å². The number of benzene rings is 1. The molecule has 5 N–H and O–H groups in total. The third-order valence-corrected chi connectivity index (χ3v) is 7.28. The zero-order valence-corrected chi connectivity index (χ0v) is 21.8. The summed E-state index contributed by atoms with van der Waals surface area (Å²) in [5.41, 5.74) is 13.7. The maximum absolute atomic E-state index is 13.3. The van der Waals surface area contributed by atoms with Gasteiger partial charge in [-0.1, -0.05) is 12.1 Å². The highest BCUT2D eigenvalue weighted by Gasteiger charge is 2.33. The van der Waals surface area contributed by atoms with E-state index in [4.69, 9.17) is 16.2 Å². The molecule has 0 atom stereocenters. The van der Waals surface area contributed by atoms with Gasteiger partial charge in [-0.05, 0) is 49.9 Å². The molecule has 2 aliphatic heterocycles. The first-order valence-electron chi connectivity index (χ1n) is 12.8. The molecule has 3 heterocycles. The number of hydrogen-bond acceptors (Lipinski definition) is 7. The van der Waals surface area contributed by atoms with Gasteiger partial charge in [-0.25, -0.2) is 0 Å². The topological polar surface area (TPSA) is 110 Å². The lowest BCUT2D eigenvalue weighted by atomic mass is 9.98. The monoisotopic (exact) mass is 532 g/mol. The van der Waals surface area contributed by atoms with Crippen LogP contribution >= 0.6 is 0 Å². The first-order valence-corrected chi connectivity index (χ1v) is 12.8. The summed E-state index contributed by atoms with van der Waals surface area (Å²) in [4.78, 5) is 21.5. The van der Waals surface area contributed by atoms with Crippen LogP contribution < -0.4 is 32.3 Å². The predicted molar refractivity (Wildman–Crippen MR) is 140 cm³/mol. The summed E-state index contributed by atoms with van der Waals surface area (Å²) in [5, 5.41) is 4.14. The van der Waals surface area contributed by atoms with Crippen molar-refractivity contribution < 1.29 is 22.7 Å². The largest absolute Gasteiger partial charge is 0.416 e. The molecule has 0 unspecified atom stereocenters. The number of alkyl halides is 3. The van der Waals surface area contributed by atoms with E-state index in [9.17, 15) is 18.0 Å². The van der Waals surface area contributed by atoms with Crippen molar-refractivity contribution >= 4 is 23.1 Å². The van der Waals surface area contributed by atoms with Crippen molar-refractivity contribution in [3.8, 4) is 0 Å². The van der Waals surface area contributed by atoms with Gasteiger partial charge in [-0.15, -0.1) is 0 Å². The van der Waals surface area contributed by atoms with Crippen molar-refractivity contribution in [2.45, 2.75) is 39.4 Å². The number of nitrogens with one attached hydrogen (secondary N) is 1. The van der Waals surface area contributed by atoms with Gasteiger partial charge in [0.15, 0.2) is 0 Å². The van der Waals surface area contributed by atoms with Crippen LogP contribution in [0.25, 0.3) is 11.5 Å². The third kappa shape index (κ3) is 6.15. The quantitative estimate of drug-likeness (QED) is 0.534. The fourth-order valence-corrected chi connectivity index (χ4v) is 5.00. The number of hydrogen-bond donors (Lipinski definition) is 3. The molecule has 11 heteroatoms. The standard InChI is InChI=1S/C27H35F3N6O2/c1-17-20(4-3-5-23(17)27(28,29)30)15-34-25(32)22-14-21(16-33-24(22)18(2)31)35-8-10-36(11-9-35)26(37)19-6-12-38-13-7-19/h3-5,14,16,19,34H,6-13,15,31-32H2,1-2H3/b24-18+,25-22+. The molecule has 0 radical (unpaired) electrons. The Balaban J connectivity index is 1.52. The summed E-state index contributed by atoms with van der Waals surface area (Å²) < 4.78 is 45.3. The highest BCUT2D eigenvalue weighted by Crippen LogP contribution is 2.32. The zero-order valence-electron chi connectivity index (χ0n) is 21.8. The molecule has 2 aliphatic rings. The van der Waals surface area contributed by atoms with Gasteiger partial charge in [-0.3, -0.25) is 9.78 Å². The Kier molecular flexibility index (Phi) is 8.35. The number of carbonyl (C=O) groups is 1. The fraction of sp³-hybridized carbons (Fsp3) is 0.481. The van der Waals surface area contributed by atoms with E-state index in [1.54, 1.807) is 19.2 Å². The number of halogens is 3. The highest BCUT2D eigenvalue weighted by atomic mass is 19.4. The van der Waals surface area contributed by atoms with E-state index in [-0.39, 0.29) is 29.8 Å². The number of anilines is 1. The van der Waals surface area contributed by atoms with Crippen molar-refractivity contribution in [3.63, 3.8) is 0 Å². The lowest BCUT2D eigenvalue weighted by Crippen LogP contribution is -2.51. The summed E-state index contributed by atoms with van der Waals surface area (Å²) in [6.45, 7) is 7.08. The van der Waals surface area contributed by atoms with Gasteiger partial charge < -0.3 is 31.3 Å². The smallest absolute Gasteiger partial charge is 0.401 e. The van der Waals surface area contributed by atoms with E-state index in [1.165, 1.54) is 13.0 Å². The average Bonchev–Trinajstić information content (AvgIpc) is 2.91. The molecule has 38 heavy (non-hydrogen) atoms. The van der Waals surface area contributed by atoms with Crippen LogP contribution in [0, 0.1) is 12.8 Å². The summed E-state index contributed by atoms with van der Waals surface area (Å²) in [6, 6.07) is 5.99. The number of aromatic nitrogens is 1. The molecule has 1 aromatic carbocycles. The van der Waals surface area contributed by atoms with Crippen LogP contribution in [-0.4, -0.2) is 55.2 Å². The summed E-state index contributed by atoms with van der Waals surface area (Å²) >= 11 is 0. The van der Waals surface area contributed by atoms with E-state index < -0.39 is 11.7 Å². The van der Waals surface area contributed by atoms with Gasteiger partial charge in [0.1, 0.15) is 5.82 Å². The molecule has 1 amide bonds. The van der Waals surface area contributed by atoms with Crippen LogP contribution in [0.3, 0.4) is 0 Å². The van der Waals surface area contributed by atoms with Gasteiger partial charge >= 0.3 is 6.18 Å². The van der Waals surface area contributed by atoms with Gasteiger partial charge in [0.25, 0.3) is 0 Å². The Labute approximate surface area is 220 Å². The van der Waals surface area contributed by atoms with E-state index in [2.05, 4.69) is 15.2 Å². The van der Waals surface area contributed by atoms with Crippen LogP contribution in [0.1, 0.15) is 36.5 Å². The Bertz CT molecular complexity index is 1280. The van der Waals surface area contributed by atoms with Crippen LogP contribution in [0.5, 0.6) is 0 Å². The van der Waals surface area contributed by atoms with Crippen molar-refractivity contribution in [2.24, 2.45) is 17.4 Å². The number of amides is 1. The molecular weight excluding hydrogens is 497 g/mol. The van der Waals surface area contributed by atoms with E-state index in [0.717, 1.165) is 24.6 Å². The molecule has 8 nitrogen and oxygen atoms in total. The van der Waals surface area contributed by atoms with Crippen LogP contribution in [0.15, 0.2) is 30.5 Å². The molecule has 2 fully saturated rings. The van der Waals surface area contributed by atoms with Gasteiger partial charge in [0.05, 0.1) is 22.8 Å². The van der Waals surface area contributed by atoms with Crippen molar-refractivity contribution in [1.82, 2.24) is 15.2 Å². The maximum atomic E-state index is 13.3. The molecule has 4 rings (SSSR count). The number of nitrogens with zero attached hydrogens (tertiary/aromatic N) is 3. The fourth-order valence-electron chi connectivity index (χ4n) is 5.00. The second kappa shape index (κ2) is 11.5. The zero-order chi connectivity index (χ0) is 27.4. The number of rotatable bonds is 5. The maximum Gasteiger partial charge on any atom is 0.416 e. The molecule has 2 saturated heterocycles. The Hall–Kier alpha value is -3.47. The SMILES string of the molecule is C/C(N)=c1\ncc(N2CCN(C(=O)C3CCOCC3)CC2)c\c1=C(\N)NCc1cccc(C(F)(F)F)c1C. The summed E-state index contributed by atoms with van der Waals surface area (Å²) in [6.07, 6.45) is -1.16. The Morgan fingerprint density at radius 1 is 1.16 bits per heavy atom. The number of piperazine rings is 1. The third-order valence-electron chi connectivity index (χ3n) is 7.28. The molecule has 206 valence electrons. The van der Waals surface area contributed by atoms with Crippen molar-refractivity contribution in [2.75, 3.05) is 44.3 Å². The highest BCUT2D eigenvalue weighted by molar-refractivity contribution is 5.79. The average molecular weight is 533 g/mol. The minimum absolute atomic E-state index is 0.0341. The Morgan fingerprint density at radius 3 is 2.47 bits per heavy atom. The molecular formula is C27H35F3N6O2. The second-order valence-electron chi connectivity index (χ2n) is 9.83. The second-order valence-corrected chi connectivity index (χ2v) is 9.83. The number of pyridine rings is 1. The molecule has 0 saturated carbocycles. The van der Waals surface area contributed by atoms with E-state index >= 15 is 0 Å². The summed E-state index contributed by atoms with van der Waals surface area (Å²) in [7, 11) is 0. The molecule has 2 aromatic rings. The van der Waals surface area contributed by atoms with Crippen LogP contribution in [0.4, 0.5) is 18.9 Å². The van der Waals surface area contributed by atoms with Gasteiger partial charge in [0.2, 0.25) is 5.91 Å².